The van der Waals surface area contributed by atoms with Crippen LogP contribution in [0, 0.1) is 13.8 Å². The molecule has 0 saturated heterocycles. The van der Waals surface area contributed by atoms with Crippen LogP contribution in [0.2, 0.25) is 0 Å². The number of rotatable bonds is 11. The topological polar surface area (TPSA) is 125 Å². The van der Waals surface area contributed by atoms with Crippen molar-refractivity contribution < 1.29 is 60.1 Å². The van der Waals surface area contributed by atoms with Crippen LogP contribution in [0.25, 0.3) is 0 Å². The van der Waals surface area contributed by atoms with Crippen molar-refractivity contribution in [1.82, 2.24) is 5.32 Å². The van der Waals surface area contributed by atoms with Gasteiger partial charge in [0.15, 0.2) is 5.60 Å². The maximum atomic E-state index is 13.7. The van der Waals surface area contributed by atoms with Crippen LogP contribution in [0.4, 0.5) is 37.7 Å². The zero-order valence-corrected chi connectivity index (χ0v) is 29.3. The summed E-state index contributed by atoms with van der Waals surface area (Å²) >= 11 is 0. The molecule has 2 aliphatic rings. The predicted octanol–water partition coefficient (Wildman–Crippen LogP) is 6.98. The molecule has 0 fully saturated rings. The van der Waals surface area contributed by atoms with E-state index < -0.39 is 41.6 Å². The number of ether oxygens (including phenoxy) is 2. The van der Waals surface area contributed by atoms with E-state index in [2.05, 4.69) is 5.32 Å². The number of hydrogen-bond donors (Lipinski definition) is 2. The van der Waals surface area contributed by atoms with E-state index in [-0.39, 0.29) is 81.5 Å². The lowest BCUT2D eigenvalue weighted by molar-refractivity contribution is -0.170. The Kier molecular flexibility index (Phi) is 10.9. The highest BCUT2D eigenvalue weighted by atomic mass is 19.4. The van der Waals surface area contributed by atoms with Gasteiger partial charge in [0, 0.05) is 60.6 Å². The smallest absolute Gasteiger partial charge is 0.456 e. The third-order valence-corrected chi connectivity index (χ3v) is 9.26. The molecule has 3 amide bonds. The van der Waals surface area contributed by atoms with Gasteiger partial charge in [-0.3, -0.25) is 14.4 Å². The Labute approximate surface area is 300 Å². The highest BCUT2D eigenvalue weighted by molar-refractivity contribution is 6.03. The molecule has 284 valence electrons. The molecule has 2 heterocycles. The number of benzene rings is 3. The van der Waals surface area contributed by atoms with Crippen molar-refractivity contribution in [2.75, 3.05) is 36.0 Å². The van der Waals surface area contributed by atoms with Crippen molar-refractivity contribution in [2.45, 2.75) is 71.3 Å². The number of nitrogens with zero attached hydrogens (tertiary/aromatic N) is 2. The standard InChI is InChI=1S/C37H37F6N3O7/c1-5-45(33(50)36(38,39)40)27-18-29-25(15-20(27)3)35(26-16-21(4)28(19-30(26)52-29)46(6-2)34(51)37(41,42)43)24-12-11-22(17-23(24)32(49)53-35)31(48)44-13-9-7-8-10-14-47/h11-12,15-19,47H,5-10,13-14H2,1-4H3,(H,44,48). The lowest BCUT2D eigenvalue weighted by Crippen LogP contribution is -2.42. The van der Waals surface area contributed by atoms with Gasteiger partial charge in [0.25, 0.3) is 5.91 Å². The van der Waals surface area contributed by atoms with Crippen molar-refractivity contribution in [1.29, 1.82) is 0 Å². The number of hydrogen-bond acceptors (Lipinski definition) is 7. The molecule has 3 aromatic carbocycles. The molecular formula is C37H37F6N3O7. The van der Waals surface area contributed by atoms with E-state index in [1.54, 1.807) is 0 Å². The van der Waals surface area contributed by atoms with E-state index in [1.807, 2.05) is 0 Å². The number of fused-ring (bicyclic) bond motifs is 6. The van der Waals surface area contributed by atoms with Crippen LogP contribution in [-0.2, 0) is 19.9 Å². The molecule has 5 rings (SSSR count). The molecule has 0 aromatic heterocycles. The molecule has 53 heavy (non-hydrogen) atoms. The first-order valence-corrected chi connectivity index (χ1v) is 16.9. The van der Waals surface area contributed by atoms with Gasteiger partial charge in [-0.2, -0.15) is 26.3 Å². The molecule has 10 nitrogen and oxygen atoms in total. The summed E-state index contributed by atoms with van der Waals surface area (Å²) < 4.78 is 94.0. The van der Waals surface area contributed by atoms with E-state index >= 15 is 0 Å². The van der Waals surface area contributed by atoms with Gasteiger partial charge in [0.2, 0.25) is 0 Å². The number of aliphatic hydroxyl groups excluding tert-OH is 1. The van der Waals surface area contributed by atoms with Crippen molar-refractivity contribution >= 4 is 35.1 Å². The second-order valence-electron chi connectivity index (χ2n) is 12.7. The van der Waals surface area contributed by atoms with E-state index in [0.717, 1.165) is 25.0 Å². The van der Waals surface area contributed by atoms with Gasteiger partial charge in [-0.05, 0) is 75.9 Å². The monoisotopic (exact) mass is 749 g/mol. The van der Waals surface area contributed by atoms with Crippen LogP contribution in [0.5, 0.6) is 11.5 Å². The van der Waals surface area contributed by atoms with E-state index in [0.29, 0.717) is 29.2 Å². The number of unbranched alkanes of at least 4 members (excludes halogenated alkanes) is 3. The van der Waals surface area contributed by atoms with E-state index in [4.69, 9.17) is 14.6 Å². The summed E-state index contributed by atoms with van der Waals surface area (Å²) in [6, 6.07) is 9.43. The first-order valence-electron chi connectivity index (χ1n) is 16.9. The van der Waals surface area contributed by atoms with Gasteiger partial charge in [0.1, 0.15) is 11.5 Å². The molecule has 0 atom stereocenters. The van der Waals surface area contributed by atoms with Crippen LogP contribution in [0.3, 0.4) is 0 Å². The number of halogens is 6. The fourth-order valence-electron chi connectivity index (χ4n) is 6.78. The number of nitrogens with one attached hydrogen (secondary N) is 1. The summed E-state index contributed by atoms with van der Waals surface area (Å²) in [6.45, 7) is 5.23. The lowest BCUT2D eigenvalue weighted by atomic mass is 9.76. The largest absolute Gasteiger partial charge is 0.471 e. The Morgan fingerprint density at radius 1 is 0.755 bits per heavy atom. The number of aliphatic hydroxyl groups is 1. The van der Waals surface area contributed by atoms with E-state index in [1.165, 1.54) is 58.0 Å². The SMILES string of the molecule is CCN(C(=O)C(F)(F)F)c1cc2c(cc1C)C1(OC(=O)c3cc(C(=O)NCCCCCCO)ccc31)c1cc(C)c(N(CC)C(=O)C(F)(F)F)cc1O2. The number of carbonyl (C=O) groups excluding carboxylic acids is 4. The Bertz CT molecular complexity index is 1870. The number of anilines is 2. The Balaban J connectivity index is 1.68. The van der Waals surface area contributed by atoms with Crippen LogP contribution < -0.4 is 19.9 Å². The average Bonchev–Trinajstić information content (AvgIpc) is 3.39. The van der Waals surface area contributed by atoms with Crippen molar-refractivity contribution in [3.05, 3.63) is 81.4 Å². The molecule has 1 spiro atoms. The number of aryl methyl sites for hydroxylation is 2. The predicted molar refractivity (Wildman–Crippen MR) is 180 cm³/mol. The zero-order chi connectivity index (χ0) is 39.0. The van der Waals surface area contributed by atoms with Crippen LogP contribution >= 0.6 is 0 Å². The third kappa shape index (κ3) is 7.15. The molecule has 2 aliphatic heterocycles. The fraction of sp³-hybridized carbons (Fsp3) is 0.405. The normalized spacial score (nSPS) is 14.1. The van der Waals surface area contributed by atoms with Crippen molar-refractivity contribution in [3.63, 3.8) is 0 Å². The molecule has 3 aromatic rings. The first-order chi connectivity index (χ1) is 24.9. The highest BCUT2D eigenvalue weighted by Crippen LogP contribution is 2.58. The lowest BCUT2D eigenvalue weighted by Gasteiger charge is -2.38. The van der Waals surface area contributed by atoms with Crippen LogP contribution in [0.15, 0.2) is 42.5 Å². The summed E-state index contributed by atoms with van der Waals surface area (Å²) in [5, 5.41) is 11.7. The molecule has 0 radical (unpaired) electrons. The minimum absolute atomic E-state index is 0.0206. The number of alkyl halides is 6. The minimum Gasteiger partial charge on any atom is -0.456 e. The number of amides is 3. The second kappa shape index (κ2) is 14.7. The van der Waals surface area contributed by atoms with Gasteiger partial charge >= 0.3 is 30.1 Å². The highest BCUT2D eigenvalue weighted by Gasteiger charge is 2.55. The molecule has 0 bridgehead atoms. The van der Waals surface area contributed by atoms with Gasteiger partial charge in [0.05, 0.1) is 16.9 Å². The van der Waals surface area contributed by atoms with Crippen LogP contribution in [0.1, 0.15) is 88.1 Å². The quantitative estimate of drug-likeness (QED) is 0.123. The molecular weight excluding hydrogens is 712 g/mol. The summed E-state index contributed by atoms with van der Waals surface area (Å²) in [5.41, 5.74) is -1.29. The Morgan fingerprint density at radius 2 is 1.26 bits per heavy atom. The second-order valence-corrected chi connectivity index (χ2v) is 12.7. The fourth-order valence-corrected chi connectivity index (χ4v) is 6.78. The van der Waals surface area contributed by atoms with Crippen molar-refractivity contribution in [3.8, 4) is 11.5 Å². The molecule has 2 N–H and O–H groups in total. The van der Waals surface area contributed by atoms with Crippen molar-refractivity contribution in [2.24, 2.45) is 0 Å². The Hall–Kier alpha value is -5.12. The van der Waals surface area contributed by atoms with Gasteiger partial charge in [-0.15, -0.1) is 0 Å². The molecule has 16 heteroatoms. The molecule has 0 aliphatic carbocycles. The average molecular weight is 750 g/mol. The Morgan fingerprint density at radius 3 is 1.74 bits per heavy atom. The zero-order valence-electron chi connectivity index (χ0n) is 29.3. The minimum atomic E-state index is -5.22. The van der Waals surface area contributed by atoms with E-state index in [9.17, 15) is 45.5 Å². The maximum absolute atomic E-state index is 13.7. The molecule has 0 saturated carbocycles. The third-order valence-electron chi connectivity index (χ3n) is 9.26. The molecule has 0 unspecified atom stereocenters. The number of esters is 1. The van der Waals surface area contributed by atoms with Crippen LogP contribution in [-0.4, -0.2) is 67.4 Å². The van der Waals surface area contributed by atoms with Gasteiger partial charge in [-0.1, -0.05) is 18.9 Å². The van der Waals surface area contributed by atoms with Gasteiger partial charge < -0.3 is 29.7 Å². The maximum Gasteiger partial charge on any atom is 0.471 e. The summed E-state index contributed by atoms with van der Waals surface area (Å²) in [6.07, 6.45) is -7.57. The summed E-state index contributed by atoms with van der Waals surface area (Å²) in [5.74, 6) is -5.98. The van der Waals surface area contributed by atoms with Gasteiger partial charge in [-0.25, -0.2) is 4.79 Å². The summed E-state index contributed by atoms with van der Waals surface area (Å²) in [7, 11) is 0. The summed E-state index contributed by atoms with van der Waals surface area (Å²) in [4.78, 5) is 52.7. The number of carbonyl (C=O) groups is 4. The first kappa shape index (κ1) is 39.1.